The average Bonchev–Trinajstić information content (AvgIpc) is 3.41. The number of hydrogen-bond acceptors (Lipinski definition) is 4. The highest BCUT2D eigenvalue weighted by Gasteiger charge is 2.32. The number of rotatable bonds is 10. The first-order valence-corrected chi connectivity index (χ1v) is 12.1. The minimum Gasteiger partial charge on any atom is -0.482 e. The van der Waals surface area contributed by atoms with Crippen LogP contribution in [0.2, 0.25) is 5.02 Å². The molecule has 3 aromatic carbocycles. The fraction of sp³-hybridized carbons (Fsp3) is 0.286. The number of nitrogens with one attached hydrogen (secondary N) is 1. The van der Waals surface area contributed by atoms with Gasteiger partial charge in [0.15, 0.2) is 6.61 Å². The molecule has 0 unspecified atom stereocenters. The van der Waals surface area contributed by atoms with Crippen molar-refractivity contribution in [2.75, 3.05) is 19.8 Å². The first-order valence-electron chi connectivity index (χ1n) is 11.8. The van der Waals surface area contributed by atoms with E-state index in [1.807, 2.05) is 60.7 Å². The van der Waals surface area contributed by atoms with E-state index in [2.05, 4.69) is 5.32 Å². The van der Waals surface area contributed by atoms with Crippen LogP contribution in [0.25, 0.3) is 0 Å². The summed E-state index contributed by atoms with van der Waals surface area (Å²) in [5.41, 5.74) is 1.63. The molecular weight excluding hydrogens is 464 g/mol. The van der Waals surface area contributed by atoms with E-state index >= 15 is 0 Å². The second-order valence-electron chi connectivity index (χ2n) is 8.42. The van der Waals surface area contributed by atoms with Gasteiger partial charge in [-0.15, -0.1) is 0 Å². The van der Waals surface area contributed by atoms with Gasteiger partial charge in [-0.1, -0.05) is 84.4 Å². The fourth-order valence-corrected chi connectivity index (χ4v) is 4.30. The van der Waals surface area contributed by atoms with E-state index in [9.17, 15) is 9.59 Å². The first kappa shape index (κ1) is 24.8. The standard InChI is InChI=1S/C28H29ClN2O4/c29-24-15-7-8-16-25(24)35-20-26(32)31(19-21-10-3-1-4-11-21)27(22-12-5-2-6-13-22)28(33)30-18-23-14-9-17-34-23/h1-8,10-13,15-16,23,27H,9,14,17-20H2,(H,30,33)/t23-,27+/m0/s1. The van der Waals surface area contributed by atoms with Crippen molar-refractivity contribution in [1.82, 2.24) is 10.2 Å². The van der Waals surface area contributed by atoms with Crippen LogP contribution in [0.1, 0.15) is 30.0 Å². The number of halogens is 1. The predicted octanol–water partition coefficient (Wildman–Crippen LogP) is 4.78. The van der Waals surface area contributed by atoms with Crippen molar-refractivity contribution in [3.63, 3.8) is 0 Å². The number of amides is 2. The molecule has 0 saturated carbocycles. The van der Waals surface area contributed by atoms with Crippen molar-refractivity contribution in [3.05, 3.63) is 101 Å². The van der Waals surface area contributed by atoms with Crippen LogP contribution in [0.4, 0.5) is 0 Å². The Labute approximate surface area is 210 Å². The third kappa shape index (κ3) is 6.84. The Morgan fingerprint density at radius 2 is 1.69 bits per heavy atom. The fourth-order valence-electron chi connectivity index (χ4n) is 4.11. The zero-order valence-corrected chi connectivity index (χ0v) is 20.2. The number of para-hydroxylation sites is 1. The van der Waals surface area contributed by atoms with E-state index in [0.29, 0.717) is 23.9 Å². The molecule has 182 valence electrons. The minimum absolute atomic E-state index is 0.00259. The van der Waals surface area contributed by atoms with Crippen LogP contribution in [-0.4, -0.2) is 42.6 Å². The largest absolute Gasteiger partial charge is 0.482 e. The molecule has 4 rings (SSSR count). The predicted molar refractivity (Wildman–Crippen MR) is 135 cm³/mol. The van der Waals surface area contributed by atoms with E-state index in [-0.39, 0.29) is 31.1 Å². The summed E-state index contributed by atoms with van der Waals surface area (Å²) in [5.74, 6) is -0.162. The molecule has 35 heavy (non-hydrogen) atoms. The average molecular weight is 493 g/mol. The Morgan fingerprint density at radius 3 is 2.37 bits per heavy atom. The van der Waals surface area contributed by atoms with Crippen LogP contribution in [0.5, 0.6) is 5.75 Å². The molecule has 1 aliphatic rings. The highest BCUT2D eigenvalue weighted by atomic mass is 35.5. The molecule has 6 nitrogen and oxygen atoms in total. The summed E-state index contributed by atoms with van der Waals surface area (Å²) in [5, 5.41) is 3.43. The lowest BCUT2D eigenvalue weighted by Crippen LogP contribution is -2.46. The van der Waals surface area contributed by atoms with Crippen LogP contribution in [-0.2, 0) is 20.9 Å². The van der Waals surface area contributed by atoms with Gasteiger partial charge in [0.05, 0.1) is 11.1 Å². The Balaban J connectivity index is 1.60. The summed E-state index contributed by atoms with van der Waals surface area (Å²) >= 11 is 6.20. The molecular formula is C28H29ClN2O4. The van der Waals surface area contributed by atoms with E-state index in [0.717, 1.165) is 24.0 Å². The van der Waals surface area contributed by atoms with Crippen LogP contribution < -0.4 is 10.1 Å². The molecule has 0 aliphatic carbocycles. The van der Waals surface area contributed by atoms with Gasteiger partial charge >= 0.3 is 0 Å². The zero-order valence-electron chi connectivity index (χ0n) is 19.4. The Bertz CT molecular complexity index is 1100. The molecule has 0 spiro atoms. The second-order valence-corrected chi connectivity index (χ2v) is 8.83. The van der Waals surface area contributed by atoms with E-state index in [1.165, 1.54) is 0 Å². The third-order valence-electron chi connectivity index (χ3n) is 5.91. The molecule has 7 heteroatoms. The molecule has 1 heterocycles. The van der Waals surface area contributed by atoms with Crippen molar-refractivity contribution in [1.29, 1.82) is 0 Å². The van der Waals surface area contributed by atoms with Gasteiger partial charge in [0.2, 0.25) is 5.91 Å². The summed E-state index contributed by atoms with van der Waals surface area (Å²) in [6.45, 7) is 1.11. The summed E-state index contributed by atoms with van der Waals surface area (Å²) < 4.78 is 11.4. The van der Waals surface area contributed by atoms with Gasteiger partial charge in [-0.2, -0.15) is 0 Å². The van der Waals surface area contributed by atoms with Gasteiger partial charge < -0.3 is 19.7 Å². The summed E-state index contributed by atoms with van der Waals surface area (Å²) in [6, 6.07) is 25.1. The van der Waals surface area contributed by atoms with Gasteiger partial charge in [0.1, 0.15) is 11.8 Å². The topological polar surface area (TPSA) is 67.9 Å². The lowest BCUT2D eigenvalue weighted by Gasteiger charge is -2.32. The first-order chi connectivity index (χ1) is 17.1. The van der Waals surface area contributed by atoms with E-state index < -0.39 is 6.04 Å². The molecule has 2 atom stereocenters. The number of carbonyl (C=O) groups excluding carboxylic acids is 2. The molecule has 1 aliphatic heterocycles. The van der Waals surface area contributed by atoms with Crippen molar-refractivity contribution in [2.45, 2.75) is 31.5 Å². The maximum atomic E-state index is 13.6. The van der Waals surface area contributed by atoms with Crippen LogP contribution in [0, 0.1) is 0 Å². The monoisotopic (exact) mass is 492 g/mol. The van der Waals surface area contributed by atoms with Gasteiger partial charge in [-0.3, -0.25) is 9.59 Å². The Kier molecular flexibility index (Phi) is 8.76. The highest BCUT2D eigenvalue weighted by Crippen LogP contribution is 2.26. The maximum Gasteiger partial charge on any atom is 0.261 e. The van der Waals surface area contributed by atoms with Crippen LogP contribution >= 0.6 is 11.6 Å². The van der Waals surface area contributed by atoms with Crippen molar-refractivity contribution < 1.29 is 19.1 Å². The molecule has 0 bridgehead atoms. The van der Waals surface area contributed by atoms with Crippen LogP contribution in [0.3, 0.4) is 0 Å². The van der Waals surface area contributed by atoms with E-state index in [1.54, 1.807) is 29.2 Å². The third-order valence-corrected chi connectivity index (χ3v) is 6.22. The van der Waals surface area contributed by atoms with Gasteiger partial charge in [-0.05, 0) is 36.1 Å². The molecule has 0 aromatic heterocycles. The molecule has 3 aromatic rings. The molecule has 2 amide bonds. The lowest BCUT2D eigenvalue weighted by atomic mass is 10.0. The van der Waals surface area contributed by atoms with Crippen LogP contribution in [0.15, 0.2) is 84.9 Å². The van der Waals surface area contributed by atoms with Gasteiger partial charge in [0.25, 0.3) is 5.91 Å². The Morgan fingerprint density at radius 1 is 1.00 bits per heavy atom. The smallest absolute Gasteiger partial charge is 0.261 e. The van der Waals surface area contributed by atoms with E-state index in [4.69, 9.17) is 21.1 Å². The van der Waals surface area contributed by atoms with Crippen molar-refractivity contribution in [2.24, 2.45) is 0 Å². The van der Waals surface area contributed by atoms with Crippen molar-refractivity contribution >= 4 is 23.4 Å². The summed E-state index contributed by atoms with van der Waals surface area (Å²) in [7, 11) is 0. The summed E-state index contributed by atoms with van der Waals surface area (Å²) in [4.78, 5) is 28.7. The molecule has 1 saturated heterocycles. The minimum atomic E-state index is -0.833. The lowest BCUT2D eigenvalue weighted by molar-refractivity contribution is -0.143. The number of ether oxygens (including phenoxy) is 2. The number of benzene rings is 3. The van der Waals surface area contributed by atoms with Crippen molar-refractivity contribution in [3.8, 4) is 5.75 Å². The number of nitrogens with zero attached hydrogens (tertiary/aromatic N) is 1. The van der Waals surface area contributed by atoms with Gasteiger partial charge in [0, 0.05) is 19.7 Å². The maximum absolute atomic E-state index is 13.6. The second kappa shape index (κ2) is 12.4. The molecule has 0 radical (unpaired) electrons. The number of carbonyl (C=O) groups is 2. The molecule has 1 N–H and O–H groups in total. The highest BCUT2D eigenvalue weighted by molar-refractivity contribution is 6.32. The molecule has 1 fully saturated rings. The quantitative estimate of drug-likeness (QED) is 0.442. The summed E-state index contributed by atoms with van der Waals surface area (Å²) in [6.07, 6.45) is 1.90. The Hall–Kier alpha value is -3.35. The zero-order chi connectivity index (χ0) is 24.5. The normalized spacial score (nSPS) is 15.9. The number of hydrogen-bond donors (Lipinski definition) is 1. The SMILES string of the molecule is O=C(NC[C@@H]1CCCO1)[C@@H](c1ccccc1)N(Cc1ccccc1)C(=O)COc1ccccc1Cl. The van der Waals surface area contributed by atoms with Gasteiger partial charge in [-0.25, -0.2) is 0 Å².